The molecule has 0 aromatic carbocycles. The number of hydrogen-bond donors (Lipinski definition) is 0. The lowest BCUT2D eigenvalue weighted by molar-refractivity contribution is 0.0123. The van der Waals surface area contributed by atoms with Crippen LogP contribution < -0.4 is 0 Å². The van der Waals surface area contributed by atoms with E-state index in [1.54, 1.807) is 27.7 Å². The Hall–Kier alpha value is -1.22. The first-order valence-corrected chi connectivity index (χ1v) is 9.36. The van der Waals surface area contributed by atoms with Gasteiger partial charge < -0.3 is 4.84 Å². The molecule has 2 heterocycles. The molecule has 0 saturated carbocycles. The van der Waals surface area contributed by atoms with E-state index in [1.165, 1.54) is 6.92 Å². The van der Waals surface area contributed by atoms with Gasteiger partial charge in [0.05, 0.1) is 5.25 Å². The molecule has 0 N–H and O–H groups in total. The first kappa shape index (κ1) is 19.1. The Kier molecular flexibility index (Phi) is 4.98. The third kappa shape index (κ3) is 3.28. The molecule has 1 unspecified atom stereocenters. The molecule has 1 aromatic heterocycles. The minimum Gasteiger partial charge on any atom is -0.389 e. The average Bonchev–Trinajstić information content (AvgIpc) is 2.98. The van der Waals surface area contributed by atoms with Gasteiger partial charge in [0.2, 0.25) is 9.84 Å². The quantitative estimate of drug-likeness (QED) is 0.786. The topological polar surface area (TPSA) is 73.5 Å². The highest BCUT2D eigenvalue weighted by molar-refractivity contribution is 8.06. The minimum absolute atomic E-state index is 0.0691. The van der Waals surface area contributed by atoms with Crippen molar-refractivity contribution < 1.29 is 22.0 Å². The summed E-state index contributed by atoms with van der Waals surface area (Å²) in [6.07, 6.45) is -2.84. The van der Waals surface area contributed by atoms with Crippen LogP contribution in [-0.4, -0.2) is 28.8 Å². The van der Waals surface area contributed by atoms with Gasteiger partial charge >= 0.3 is 0 Å². The molecule has 1 atom stereocenters. The van der Waals surface area contributed by atoms with E-state index in [-0.39, 0.29) is 28.2 Å². The Morgan fingerprint density at radius 2 is 1.88 bits per heavy atom. The Bertz CT molecular complexity index is 772. The summed E-state index contributed by atoms with van der Waals surface area (Å²) in [5.41, 5.74) is -1.42. The summed E-state index contributed by atoms with van der Waals surface area (Å²) in [5, 5.41) is 5.79. The van der Waals surface area contributed by atoms with E-state index in [2.05, 4.69) is 10.3 Å². The highest BCUT2D eigenvalue weighted by Gasteiger charge is 2.42. The molecule has 1 aromatic rings. The molecule has 0 radical (unpaired) electrons. The second-order valence-electron chi connectivity index (χ2n) is 6.63. The molecule has 1 aliphatic rings. The minimum atomic E-state index is -4.00. The Balaban J connectivity index is 2.52. The van der Waals surface area contributed by atoms with Gasteiger partial charge in [-0.1, -0.05) is 16.8 Å². The SMILES string of the molecule is CC(C)n1nc(Cl)c(C(C)S(=O)(=O)C2=NOC(C)(C)C2)c1C(F)F. The summed E-state index contributed by atoms with van der Waals surface area (Å²) in [6.45, 7) is 8.02. The van der Waals surface area contributed by atoms with Crippen LogP contribution in [-0.2, 0) is 14.7 Å². The van der Waals surface area contributed by atoms with Gasteiger partial charge in [-0.2, -0.15) is 5.10 Å². The number of sulfone groups is 1. The van der Waals surface area contributed by atoms with Crippen LogP contribution in [0, 0.1) is 0 Å². The number of halogens is 3. The smallest absolute Gasteiger partial charge is 0.280 e. The highest BCUT2D eigenvalue weighted by Crippen LogP contribution is 2.39. The third-order valence-electron chi connectivity index (χ3n) is 3.81. The van der Waals surface area contributed by atoms with Crippen LogP contribution in [0.2, 0.25) is 5.15 Å². The van der Waals surface area contributed by atoms with Crippen molar-refractivity contribution in [3.05, 3.63) is 16.4 Å². The average molecular weight is 384 g/mol. The summed E-state index contributed by atoms with van der Waals surface area (Å²) in [5.74, 6) is 0. The zero-order valence-electron chi connectivity index (χ0n) is 14.0. The van der Waals surface area contributed by atoms with Crippen molar-refractivity contribution in [1.29, 1.82) is 0 Å². The maximum atomic E-state index is 13.5. The molecule has 0 saturated heterocycles. The van der Waals surface area contributed by atoms with Crippen LogP contribution in [0.25, 0.3) is 0 Å². The van der Waals surface area contributed by atoms with Crippen LogP contribution in [0.3, 0.4) is 0 Å². The first-order chi connectivity index (χ1) is 10.9. The monoisotopic (exact) mass is 383 g/mol. The molecule has 2 rings (SSSR count). The van der Waals surface area contributed by atoms with E-state index >= 15 is 0 Å². The zero-order chi connectivity index (χ0) is 18.4. The number of nitrogens with zero attached hydrogens (tertiary/aromatic N) is 3. The molecule has 136 valence electrons. The van der Waals surface area contributed by atoms with E-state index in [4.69, 9.17) is 16.4 Å². The largest absolute Gasteiger partial charge is 0.389 e. The zero-order valence-corrected chi connectivity index (χ0v) is 15.6. The first-order valence-electron chi connectivity index (χ1n) is 7.43. The van der Waals surface area contributed by atoms with Crippen LogP contribution in [0.15, 0.2) is 5.16 Å². The summed E-state index contributed by atoms with van der Waals surface area (Å²) >= 11 is 6.00. The second-order valence-corrected chi connectivity index (χ2v) is 9.26. The number of aromatic nitrogens is 2. The van der Waals surface area contributed by atoms with Crippen molar-refractivity contribution in [2.24, 2.45) is 5.16 Å². The molecule has 6 nitrogen and oxygen atoms in total. The van der Waals surface area contributed by atoms with E-state index in [0.29, 0.717) is 0 Å². The summed E-state index contributed by atoms with van der Waals surface area (Å²) in [7, 11) is -4.00. The number of alkyl halides is 2. The van der Waals surface area contributed by atoms with E-state index in [9.17, 15) is 17.2 Å². The van der Waals surface area contributed by atoms with Crippen molar-refractivity contribution in [3.8, 4) is 0 Å². The summed E-state index contributed by atoms with van der Waals surface area (Å²) in [6, 6.07) is -0.388. The van der Waals surface area contributed by atoms with E-state index in [0.717, 1.165) is 4.68 Å². The molecule has 0 fully saturated rings. The fraction of sp³-hybridized carbons (Fsp3) is 0.714. The van der Waals surface area contributed by atoms with Crippen molar-refractivity contribution in [2.45, 2.75) is 64.4 Å². The van der Waals surface area contributed by atoms with Gasteiger partial charge in [-0.3, -0.25) is 4.68 Å². The lowest BCUT2D eigenvalue weighted by Gasteiger charge is -2.17. The van der Waals surface area contributed by atoms with Crippen molar-refractivity contribution in [3.63, 3.8) is 0 Å². The molecule has 24 heavy (non-hydrogen) atoms. The predicted octanol–water partition coefficient (Wildman–Crippen LogP) is 4.04. The summed E-state index contributed by atoms with van der Waals surface area (Å²) in [4.78, 5) is 5.08. The van der Waals surface area contributed by atoms with E-state index < -0.39 is 32.8 Å². The maximum Gasteiger partial charge on any atom is 0.280 e. The number of rotatable bonds is 4. The van der Waals surface area contributed by atoms with Gasteiger partial charge in [-0.25, -0.2) is 17.2 Å². The number of oxime groups is 1. The molecule has 0 spiro atoms. The van der Waals surface area contributed by atoms with Crippen LogP contribution in [0.1, 0.15) is 70.0 Å². The molecule has 10 heteroatoms. The third-order valence-corrected chi connectivity index (χ3v) is 6.13. The highest BCUT2D eigenvalue weighted by atomic mass is 35.5. The van der Waals surface area contributed by atoms with Gasteiger partial charge in [-0.05, 0) is 34.6 Å². The van der Waals surface area contributed by atoms with Crippen molar-refractivity contribution >= 4 is 26.5 Å². The standard InChI is InChI=1S/C14H20ClF2N3O3S/c1-7(2)20-11(13(16)17)10(12(15)18-20)8(3)24(21,22)9-6-14(4,5)23-19-9/h7-8,13H,6H2,1-5H3. The fourth-order valence-corrected chi connectivity index (χ4v) is 4.58. The van der Waals surface area contributed by atoms with Crippen LogP contribution in [0.5, 0.6) is 0 Å². The predicted molar refractivity (Wildman–Crippen MR) is 87.1 cm³/mol. The van der Waals surface area contributed by atoms with Gasteiger partial charge in [0.1, 0.15) is 11.3 Å². The Labute approximate surface area is 144 Å². The molecule has 0 bridgehead atoms. The van der Waals surface area contributed by atoms with Crippen molar-refractivity contribution in [1.82, 2.24) is 9.78 Å². The van der Waals surface area contributed by atoms with Crippen molar-refractivity contribution in [2.75, 3.05) is 0 Å². The van der Waals surface area contributed by atoms with Crippen LogP contribution >= 0.6 is 11.6 Å². The fourth-order valence-electron chi connectivity index (χ4n) is 2.53. The number of hydrogen-bond acceptors (Lipinski definition) is 5. The molecule has 0 amide bonds. The van der Waals surface area contributed by atoms with Crippen LogP contribution in [0.4, 0.5) is 8.78 Å². The maximum absolute atomic E-state index is 13.5. The van der Waals surface area contributed by atoms with Gasteiger partial charge in [0.25, 0.3) is 6.43 Å². The second kappa shape index (κ2) is 6.25. The molecule has 0 aliphatic carbocycles. The van der Waals surface area contributed by atoms with Gasteiger partial charge in [-0.15, -0.1) is 0 Å². The Morgan fingerprint density at radius 1 is 1.29 bits per heavy atom. The van der Waals surface area contributed by atoms with Gasteiger partial charge in [0, 0.05) is 18.0 Å². The molecular weight excluding hydrogens is 364 g/mol. The lowest BCUT2D eigenvalue weighted by Crippen LogP contribution is -2.25. The molecule has 1 aliphatic heterocycles. The molecular formula is C14H20ClF2N3O3S. The Morgan fingerprint density at radius 3 is 2.29 bits per heavy atom. The van der Waals surface area contributed by atoms with Gasteiger partial charge in [0.15, 0.2) is 10.2 Å². The van der Waals surface area contributed by atoms with E-state index in [1.807, 2.05) is 0 Å². The summed E-state index contributed by atoms with van der Waals surface area (Å²) < 4.78 is 53.7. The lowest BCUT2D eigenvalue weighted by atomic mass is 10.1. The normalized spacial score (nSPS) is 18.8.